The third-order valence-corrected chi connectivity index (χ3v) is 4.39. The van der Waals surface area contributed by atoms with Gasteiger partial charge in [0, 0.05) is 24.9 Å². The third-order valence-electron chi connectivity index (χ3n) is 4.39. The first-order chi connectivity index (χ1) is 12.2. The van der Waals surface area contributed by atoms with Crippen molar-refractivity contribution < 1.29 is 4.74 Å². The van der Waals surface area contributed by atoms with Gasteiger partial charge >= 0.3 is 0 Å². The maximum Gasteiger partial charge on any atom is 0.215 e. The van der Waals surface area contributed by atoms with Crippen molar-refractivity contribution >= 4 is 5.82 Å². The predicted molar refractivity (Wildman–Crippen MR) is 103 cm³/mol. The maximum absolute atomic E-state index is 5.77. The summed E-state index contributed by atoms with van der Waals surface area (Å²) < 4.78 is 5.77. The van der Waals surface area contributed by atoms with Crippen molar-refractivity contribution in [3.63, 3.8) is 0 Å². The van der Waals surface area contributed by atoms with Crippen LogP contribution in [0.5, 0.6) is 5.88 Å². The Kier molecular flexibility index (Phi) is 6.07. The molecule has 1 aliphatic rings. The number of fused-ring (bicyclic) bond motifs is 1. The van der Waals surface area contributed by atoms with Crippen LogP contribution in [0, 0.1) is 0 Å². The molecule has 3 rings (SSSR count). The fourth-order valence-corrected chi connectivity index (χ4v) is 3.14. The van der Waals surface area contributed by atoms with Crippen molar-refractivity contribution in [3.8, 4) is 5.88 Å². The van der Waals surface area contributed by atoms with Crippen LogP contribution in [0.2, 0.25) is 0 Å². The minimum absolute atomic E-state index is 0.665. The molecule has 0 aliphatic carbocycles. The van der Waals surface area contributed by atoms with Crippen molar-refractivity contribution in [2.75, 3.05) is 25.0 Å². The Morgan fingerprint density at radius 2 is 2.00 bits per heavy atom. The first-order valence-electron chi connectivity index (χ1n) is 9.02. The van der Waals surface area contributed by atoms with Crippen LogP contribution >= 0.6 is 0 Å². The molecule has 0 radical (unpaired) electrons. The molecule has 1 aromatic carbocycles. The molecule has 0 fully saturated rings. The SMILES string of the molecule is C=C(C)Nc1cccc(OCCCCN2CCc3ccccc3C2)n1. The number of anilines is 1. The van der Waals surface area contributed by atoms with E-state index in [1.54, 1.807) is 0 Å². The summed E-state index contributed by atoms with van der Waals surface area (Å²) in [5.41, 5.74) is 3.86. The molecule has 0 saturated heterocycles. The lowest BCUT2D eigenvalue weighted by atomic mass is 10.00. The lowest BCUT2D eigenvalue weighted by Crippen LogP contribution is -2.31. The molecule has 2 heterocycles. The molecule has 0 unspecified atom stereocenters. The fourth-order valence-electron chi connectivity index (χ4n) is 3.14. The number of hydrogen-bond donors (Lipinski definition) is 1. The van der Waals surface area contributed by atoms with Crippen LogP contribution in [-0.4, -0.2) is 29.6 Å². The number of nitrogens with zero attached hydrogens (tertiary/aromatic N) is 2. The van der Waals surface area contributed by atoms with Gasteiger partial charge in [-0.25, -0.2) is 0 Å². The van der Waals surface area contributed by atoms with Crippen molar-refractivity contribution in [1.82, 2.24) is 9.88 Å². The van der Waals surface area contributed by atoms with E-state index in [1.807, 2.05) is 25.1 Å². The summed E-state index contributed by atoms with van der Waals surface area (Å²) in [7, 11) is 0. The normalized spacial score (nSPS) is 14.0. The molecule has 25 heavy (non-hydrogen) atoms. The zero-order valence-corrected chi connectivity index (χ0v) is 15.0. The topological polar surface area (TPSA) is 37.4 Å². The molecule has 0 spiro atoms. The quantitative estimate of drug-likeness (QED) is 0.731. The summed E-state index contributed by atoms with van der Waals surface area (Å²) in [5, 5.41) is 3.11. The number of pyridine rings is 1. The summed E-state index contributed by atoms with van der Waals surface area (Å²) in [4.78, 5) is 6.96. The minimum atomic E-state index is 0.665. The number of unbranched alkanes of at least 4 members (excludes halogenated alkanes) is 1. The van der Waals surface area contributed by atoms with E-state index in [9.17, 15) is 0 Å². The van der Waals surface area contributed by atoms with Crippen LogP contribution in [0.15, 0.2) is 54.7 Å². The van der Waals surface area contributed by atoms with Gasteiger partial charge in [0.15, 0.2) is 0 Å². The molecular formula is C21H27N3O. The summed E-state index contributed by atoms with van der Waals surface area (Å²) in [5.74, 6) is 1.44. The largest absolute Gasteiger partial charge is 0.478 e. The highest BCUT2D eigenvalue weighted by Gasteiger charge is 2.14. The first kappa shape index (κ1) is 17.5. The molecule has 4 nitrogen and oxygen atoms in total. The number of allylic oxidation sites excluding steroid dienone is 1. The molecule has 1 aliphatic heterocycles. The van der Waals surface area contributed by atoms with Gasteiger partial charge in [0.05, 0.1) is 6.61 Å². The summed E-state index contributed by atoms with van der Waals surface area (Å²) in [6, 6.07) is 14.5. The van der Waals surface area contributed by atoms with Crippen LogP contribution in [0.1, 0.15) is 30.9 Å². The molecule has 2 aromatic rings. The fraction of sp³-hybridized carbons (Fsp3) is 0.381. The average Bonchev–Trinajstić information content (AvgIpc) is 2.61. The Labute approximate surface area is 150 Å². The second kappa shape index (κ2) is 8.67. The van der Waals surface area contributed by atoms with Gasteiger partial charge in [-0.15, -0.1) is 0 Å². The summed E-state index contributed by atoms with van der Waals surface area (Å²) in [6.07, 6.45) is 3.35. The Morgan fingerprint density at radius 3 is 2.84 bits per heavy atom. The Balaban J connectivity index is 1.36. The standard InChI is InChI=1S/C21H27N3O/c1-17(2)22-20-10-7-11-21(23-20)25-15-6-5-13-24-14-12-18-8-3-4-9-19(18)16-24/h3-4,7-11H,1,5-6,12-16H2,2H3,(H,22,23). The minimum Gasteiger partial charge on any atom is -0.478 e. The lowest BCUT2D eigenvalue weighted by molar-refractivity contribution is 0.233. The van der Waals surface area contributed by atoms with E-state index in [4.69, 9.17) is 4.74 Å². The molecule has 4 heteroatoms. The predicted octanol–water partition coefficient (Wildman–Crippen LogP) is 4.24. The number of aromatic nitrogens is 1. The van der Waals surface area contributed by atoms with Gasteiger partial charge < -0.3 is 10.1 Å². The third kappa shape index (κ3) is 5.33. The highest BCUT2D eigenvalue weighted by molar-refractivity contribution is 5.41. The van der Waals surface area contributed by atoms with E-state index >= 15 is 0 Å². The number of benzene rings is 1. The van der Waals surface area contributed by atoms with Crippen molar-refractivity contribution in [2.45, 2.75) is 32.7 Å². The van der Waals surface area contributed by atoms with Gasteiger partial charge in [0.25, 0.3) is 0 Å². The monoisotopic (exact) mass is 337 g/mol. The summed E-state index contributed by atoms with van der Waals surface area (Å²) >= 11 is 0. The number of rotatable bonds is 8. The Morgan fingerprint density at radius 1 is 1.16 bits per heavy atom. The van der Waals surface area contributed by atoms with Crippen LogP contribution in [0.3, 0.4) is 0 Å². The molecule has 1 aromatic heterocycles. The van der Waals surface area contributed by atoms with Crippen LogP contribution in [-0.2, 0) is 13.0 Å². The molecule has 132 valence electrons. The number of ether oxygens (including phenoxy) is 1. The lowest BCUT2D eigenvalue weighted by Gasteiger charge is -2.28. The van der Waals surface area contributed by atoms with Gasteiger partial charge in [-0.3, -0.25) is 4.90 Å². The van der Waals surface area contributed by atoms with Gasteiger partial charge in [-0.1, -0.05) is 36.9 Å². The Hall–Kier alpha value is -2.33. The van der Waals surface area contributed by atoms with Crippen molar-refractivity contribution in [3.05, 3.63) is 65.9 Å². The number of hydrogen-bond acceptors (Lipinski definition) is 4. The van der Waals surface area contributed by atoms with Crippen molar-refractivity contribution in [2.24, 2.45) is 0 Å². The highest BCUT2D eigenvalue weighted by atomic mass is 16.5. The Bertz CT molecular complexity index is 714. The van der Waals surface area contributed by atoms with E-state index in [2.05, 4.69) is 46.0 Å². The summed E-state index contributed by atoms with van der Waals surface area (Å²) in [6.45, 7) is 9.81. The van der Waals surface area contributed by atoms with Gasteiger partial charge in [-0.2, -0.15) is 4.98 Å². The van der Waals surface area contributed by atoms with Crippen LogP contribution in [0.4, 0.5) is 5.82 Å². The molecule has 0 saturated carbocycles. The van der Waals surface area contributed by atoms with Gasteiger partial charge in [-0.05, 0) is 49.9 Å². The van der Waals surface area contributed by atoms with Gasteiger partial charge in [0.2, 0.25) is 5.88 Å². The second-order valence-corrected chi connectivity index (χ2v) is 6.62. The molecule has 0 amide bonds. The van der Waals surface area contributed by atoms with Crippen LogP contribution in [0.25, 0.3) is 0 Å². The van der Waals surface area contributed by atoms with Crippen LogP contribution < -0.4 is 10.1 Å². The second-order valence-electron chi connectivity index (χ2n) is 6.62. The highest BCUT2D eigenvalue weighted by Crippen LogP contribution is 2.19. The molecular weight excluding hydrogens is 310 g/mol. The van der Waals surface area contributed by atoms with E-state index in [0.29, 0.717) is 12.5 Å². The molecule has 1 N–H and O–H groups in total. The molecule has 0 atom stereocenters. The van der Waals surface area contributed by atoms with Crippen molar-refractivity contribution in [1.29, 1.82) is 0 Å². The van der Waals surface area contributed by atoms with E-state index < -0.39 is 0 Å². The maximum atomic E-state index is 5.77. The zero-order chi connectivity index (χ0) is 17.5. The van der Waals surface area contributed by atoms with E-state index in [1.165, 1.54) is 17.5 Å². The number of nitrogens with one attached hydrogen (secondary N) is 1. The zero-order valence-electron chi connectivity index (χ0n) is 15.0. The average molecular weight is 337 g/mol. The van der Waals surface area contributed by atoms with Gasteiger partial charge in [0.1, 0.15) is 5.82 Å². The smallest absolute Gasteiger partial charge is 0.215 e. The van der Waals surface area contributed by atoms with E-state index in [-0.39, 0.29) is 0 Å². The molecule has 0 bridgehead atoms. The van der Waals surface area contributed by atoms with E-state index in [0.717, 1.165) is 44.0 Å². The first-order valence-corrected chi connectivity index (χ1v) is 9.02.